The predicted molar refractivity (Wildman–Crippen MR) is 70.0 cm³/mol. The molecule has 0 aliphatic rings. The van der Waals surface area contributed by atoms with Crippen molar-refractivity contribution in [1.82, 2.24) is 5.32 Å². The Morgan fingerprint density at radius 3 is 2.15 bits per heavy atom. The van der Waals surface area contributed by atoms with Crippen molar-refractivity contribution in [3.63, 3.8) is 0 Å². The molecule has 0 spiro atoms. The Kier molecular flexibility index (Phi) is 6.56. The maximum atomic E-state index is 11.5. The summed E-state index contributed by atoms with van der Waals surface area (Å²) in [4.78, 5) is 33.5. The molecule has 0 aliphatic heterocycles. The minimum Gasteiger partial charge on any atom is -0.481 e. The molecule has 0 heterocycles. The Labute approximate surface area is 117 Å². The topological polar surface area (TPSA) is 113 Å². The first-order chi connectivity index (χ1) is 9.06. The lowest BCUT2D eigenvalue weighted by molar-refractivity contribution is -0.144. The van der Waals surface area contributed by atoms with Crippen LogP contribution in [0, 0.1) is 18.3 Å². The maximum absolute atomic E-state index is 11.5. The molecular weight excluding hydrogens is 266 g/mol. The minimum absolute atomic E-state index is 0.116. The van der Waals surface area contributed by atoms with E-state index in [9.17, 15) is 14.4 Å². The monoisotopic (exact) mass is 285 g/mol. The summed E-state index contributed by atoms with van der Waals surface area (Å²) in [5.74, 6) is -1.43. The first kappa shape index (κ1) is 17.8. The van der Waals surface area contributed by atoms with Crippen LogP contribution in [-0.2, 0) is 14.3 Å². The van der Waals surface area contributed by atoms with Crippen LogP contribution in [-0.4, -0.2) is 39.9 Å². The second-order valence-electron chi connectivity index (χ2n) is 5.22. The first-order valence-electron chi connectivity index (χ1n) is 5.95. The van der Waals surface area contributed by atoms with Crippen LogP contribution in [0.2, 0.25) is 0 Å². The van der Waals surface area contributed by atoms with Gasteiger partial charge in [0.25, 0.3) is 0 Å². The minimum atomic E-state index is -1.38. The van der Waals surface area contributed by atoms with E-state index >= 15 is 0 Å². The Hall–Kier alpha value is -2.23. The summed E-state index contributed by atoms with van der Waals surface area (Å²) < 4.78 is 4.92. The standard InChI is InChI=1S/C13H19NO6/c1-5-6-8(10(15)16)7-9(11(17)18)14-12(19)20-13(2,3)4/h1,8-9H,6-7H2,2-4H3,(H,14,19)(H,15,16)(H,17,18)/t8-,9+/m1/s1. The van der Waals surface area contributed by atoms with Gasteiger partial charge < -0.3 is 20.3 Å². The van der Waals surface area contributed by atoms with Crippen LogP contribution in [0.3, 0.4) is 0 Å². The van der Waals surface area contributed by atoms with E-state index in [0.29, 0.717) is 0 Å². The van der Waals surface area contributed by atoms with Gasteiger partial charge in [-0.15, -0.1) is 12.3 Å². The van der Waals surface area contributed by atoms with Crippen molar-refractivity contribution >= 4 is 18.0 Å². The number of rotatable bonds is 6. The molecule has 0 aromatic carbocycles. The summed E-state index contributed by atoms with van der Waals surface area (Å²) >= 11 is 0. The van der Waals surface area contributed by atoms with E-state index in [1.165, 1.54) is 0 Å². The lowest BCUT2D eigenvalue weighted by atomic mass is 9.97. The molecule has 3 N–H and O–H groups in total. The maximum Gasteiger partial charge on any atom is 0.408 e. The molecule has 112 valence electrons. The van der Waals surface area contributed by atoms with E-state index in [4.69, 9.17) is 21.4 Å². The van der Waals surface area contributed by atoms with Crippen LogP contribution in [0.15, 0.2) is 0 Å². The molecule has 0 bridgehead atoms. The number of alkyl carbamates (subject to hydrolysis) is 1. The van der Waals surface area contributed by atoms with Gasteiger partial charge in [0.05, 0.1) is 5.92 Å². The highest BCUT2D eigenvalue weighted by Gasteiger charge is 2.29. The fourth-order valence-corrected chi connectivity index (χ4v) is 1.37. The lowest BCUT2D eigenvalue weighted by Crippen LogP contribution is -2.45. The molecule has 0 unspecified atom stereocenters. The highest BCUT2D eigenvalue weighted by Crippen LogP contribution is 2.13. The number of aliphatic carboxylic acids is 2. The number of terminal acetylenes is 1. The molecular formula is C13H19NO6. The normalized spacial score (nSPS) is 13.7. The van der Waals surface area contributed by atoms with Gasteiger partial charge in [-0.1, -0.05) is 0 Å². The zero-order chi connectivity index (χ0) is 15.9. The van der Waals surface area contributed by atoms with Gasteiger partial charge in [0, 0.05) is 6.42 Å². The van der Waals surface area contributed by atoms with Crippen molar-refractivity contribution in [2.24, 2.45) is 5.92 Å². The van der Waals surface area contributed by atoms with Crippen LogP contribution in [0.1, 0.15) is 33.6 Å². The van der Waals surface area contributed by atoms with E-state index in [-0.39, 0.29) is 12.8 Å². The summed E-state index contributed by atoms with van der Waals surface area (Å²) in [6.07, 6.45) is 3.68. The van der Waals surface area contributed by atoms with Gasteiger partial charge in [0.1, 0.15) is 11.6 Å². The van der Waals surface area contributed by atoms with Crippen LogP contribution in [0.5, 0.6) is 0 Å². The van der Waals surface area contributed by atoms with Crippen LogP contribution in [0.25, 0.3) is 0 Å². The molecule has 0 aliphatic carbocycles. The molecule has 0 rings (SSSR count). The second-order valence-corrected chi connectivity index (χ2v) is 5.22. The van der Waals surface area contributed by atoms with Crippen molar-refractivity contribution in [3.8, 4) is 12.3 Å². The van der Waals surface area contributed by atoms with Crippen molar-refractivity contribution < 1.29 is 29.3 Å². The average molecular weight is 285 g/mol. The predicted octanol–water partition coefficient (Wildman–Crippen LogP) is 1.08. The van der Waals surface area contributed by atoms with E-state index in [1.54, 1.807) is 20.8 Å². The van der Waals surface area contributed by atoms with E-state index in [0.717, 1.165) is 0 Å². The highest BCUT2D eigenvalue weighted by atomic mass is 16.6. The molecule has 0 aromatic heterocycles. The number of nitrogens with one attached hydrogen (secondary N) is 1. The van der Waals surface area contributed by atoms with Gasteiger partial charge in [0.2, 0.25) is 0 Å². The molecule has 20 heavy (non-hydrogen) atoms. The Morgan fingerprint density at radius 1 is 1.25 bits per heavy atom. The molecule has 1 amide bonds. The SMILES string of the molecule is C#CC[C@H](C[C@H](NC(=O)OC(C)(C)C)C(=O)O)C(=O)O. The van der Waals surface area contributed by atoms with Gasteiger partial charge in [-0.25, -0.2) is 9.59 Å². The molecule has 0 aromatic rings. The largest absolute Gasteiger partial charge is 0.481 e. The molecule has 2 atom stereocenters. The number of carboxylic acids is 2. The third-order valence-electron chi connectivity index (χ3n) is 2.22. The lowest BCUT2D eigenvalue weighted by Gasteiger charge is -2.23. The van der Waals surface area contributed by atoms with Crippen LogP contribution in [0.4, 0.5) is 4.79 Å². The average Bonchev–Trinajstić information content (AvgIpc) is 2.24. The van der Waals surface area contributed by atoms with E-state index in [2.05, 4.69) is 11.2 Å². The Morgan fingerprint density at radius 2 is 1.80 bits per heavy atom. The van der Waals surface area contributed by atoms with Crippen molar-refractivity contribution in [2.75, 3.05) is 0 Å². The van der Waals surface area contributed by atoms with Gasteiger partial charge in [0.15, 0.2) is 0 Å². The number of hydrogen-bond acceptors (Lipinski definition) is 4. The number of carbonyl (C=O) groups excluding carboxylic acids is 1. The van der Waals surface area contributed by atoms with Crippen molar-refractivity contribution in [3.05, 3.63) is 0 Å². The zero-order valence-electron chi connectivity index (χ0n) is 11.7. The number of carbonyl (C=O) groups is 3. The number of hydrogen-bond donors (Lipinski definition) is 3. The van der Waals surface area contributed by atoms with E-state index < -0.39 is 35.6 Å². The number of amides is 1. The summed E-state index contributed by atoms with van der Waals surface area (Å²) in [6.45, 7) is 4.88. The van der Waals surface area contributed by atoms with E-state index in [1.807, 2.05) is 0 Å². The Bertz CT molecular complexity index is 418. The second kappa shape index (κ2) is 7.38. The number of ether oxygens (including phenoxy) is 1. The summed E-state index contributed by atoms with van der Waals surface area (Å²) in [6, 6.07) is -1.38. The quantitative estimate of drug-likeness (QED) is 0.629. The fourth-order valence-electron chi connectivity index (χ4n) is 1.37. The molecule has 0 fully saturated rings. The highest BCUT2D eigenvalue weighted by molar-refractivity contribution is 5.81. The zero-order valence-corrected chi connectivity index (χ0v) is 11.7. The fraction of sp³-hybridized carbons (Fsp3) is 0.615. The number of carboxylic acid groups (broad SMARTS) is 2. The molecule has 7 nitrogen and oxygen atoms in total. The van der Waals surface area contributed by atoms with Gasteiger partial charge in [-0.05, 0) is 27.2 Å². The first-order valence-corrected chi connectivity index (χ1v) is 5.95. The molecule has 0 saturated heterocycles. The third-order valence-corrected chi connectivity index (χ3v) is 2.22. The molecule has 0 saturated carbocycles. The summed E-state index contributed by atoms with van der Waals surface area (Å²) in [5.41, 5.74) is -0.780. The third kappa shape index (κ3) is 7.26. The molecule has 7 heteroatoms. The van der Waals surface area contributed by atoms with Gasteiger partial charge in [-0.3, -0.25) is 4.79 Å². The van der Waals surface area contributed by atoms with Crippen molar-refractivity contribution in [1.29, 1.82) is 0 Å². The van der Waals surface area contributed by atoms with Gasteiger partial charge >= 0.3 is 18.0 Å². The summed E-state index contributed by atoms with van der Waals surface area (Å²) in [7, 11) is 0. The smallest absolute Gasteiger partial charge is 0.408 e. The molecule has 0 radical (unpaired) electrons. The van der Waals surface area contributed by atoms with Crippen LogP contribution >= 0.6 is 0 Å². The van der Waals surface area contributed by atoms with Crippen molar-refractivity contribution in [2.45, 2.75) is 45.3 Å². The van der Waals surface area contributed by atoms with Gasteiger partial charge in [-0.2, -0.15) is 0 Å². The Balaban J connectivity index is 4.74. The van der Waals surface area contributed by atoms with Crippen LogP contribution < -0.4 is 5.32 Å². The summed E-state index contributed by atoms with van der Waals surface area (Å²) in [5, 5.41) is 20.1.